The van der Waals surface area contributed by atoms with Gasteiger partial charge in [0.1, 0.15) is 5.54 Å². The van der Waals surface area contributed by atoms with E-state index in [1.54, 1.807) is 11.8 Å². The largest absolute Gasteiger partial charge is 0.480 e. The van der Waals surface area contributed by atoms with E-state index in [0.29, 0.717) is 31.2 Å². The Morgan fingerprint density at radius 2 is 2.20 bits per heavy atom. The number of carbonyl (C=O) groups is 2. The molecule has 0 aliphatic heterocycles. The third-order valence-electron chi connectivity index (χ3n) is 3.82. The monoisotopic (exact) mass is 302 g/mol. The van der Waals surface area contributed by atoms with Gasteiger partial charge in [0.2, 0.25) is 0 Å². The summed E-state index contributed by atoms with van der Waals surface area (Å²) in [4.78, 5) is 23.5. The number of thioether (sulfide) groups is 1. The third-order valence-corrected chi connectivity index (χ3v) is 4.72. The van der Waals surface area contributed by atoms with Crippen LogP contribution in [0.1, 0.15) is 39.5 Å². The van der Waals surface area contributed by atoms with Gasteiger partial charge in [0.05, 0.1) is 0 Å². The summed E-state index contributed by atoms with van der Waals surface area (Å²) in [6.07, 6.45) is 4.93. The van der Waals surface area contributed by atoms with Gasteiger partial charge in [0.25, 0.3) is 0 Å². The Kier molecular flexibility index (Phi) is 6.65. The first-order valence-electron chi connectivity index (χ1n) is 7.18. The predicted molar refractivity (Wildman–Crippen MR) is 82.1 cm³/mol. The van der Waals surface area contributed by atoms with Gasteiger partial charge in [-0.3, -0.25) is 0 Å². The van der Waals surface area contributed by atoms with Crippen LogP contribution in [0.3, 0.4) is 0 Å². The molecule has 0 heterocycles. The first-order valence-corrected chi connectivity index (χ1v) is 8.57. The summed E-state index contributed by atoms with van der Waals surface area (Å²) in [7, 11) is 0. The van der Waals surface area contributed by atoms with Crippen molar-refractivity contribution >= 4 is 23.8 Å². The normalized spacial score (nSPS) is 27.6. The summed E-state index contributed by atoms with van der Waals surface area (Å²) in [5.41, 5.74) is -1.09. The fraction of sp³-hybridized carbons (Fsp3) is 0.857. The molecule has 0 bridgehead atoms. The van der Waals surface area contributed by atoms with Crippen molar-refractivity contribution in [1.29, 1.82) is 0 Å². The van der Waals surface area contributed by atoms with Gasteiger partial charge in [0.15, 0.2) is 0 Å². The van der Waals surface area contributed by atoms with Gasteiger partial charge in [0, 0.05) is 6.54 Å². The summed E-state index contributed by atoms with van der Waals surface area (Å²) in [6, 6.07) is -0.366. The smallest absolute Gasteiger partial charge is 0.329 e. The van der Waals surface area contributed by atoms with Gasteiger partial charge in [-0.2, -0.15) is 11.8 Å². The van der Waals surface area contributed by atoms with Crippen LogP contribution < -0.4 is 10.6 Å². The molecule has 1 aliphatic carbocycles. The highest BCUT2D eigenvalue weighted by molar-refractivity contribution is 7.98. The summed E-state index contributed by atoms with van der Waals surface area (Å²) in [6.45, 7) is 4.67. The fourth-order valence-electron chi connectivity index (χ4n) is 2.78. The van der Waals surface area contributed by atoms with Crippen LogP contribution in [0.15, 0.2) is 0 Å². The van der Waals surface area contributed by atoms with Crippen LogP contribution in [0.4, 0.5) is 4.79 Å². The summed E-state index contributed by atoms with van der Waals surface area (Å²) < 4.78 is 0. The molecule has 116 valence electrons. The lowest BCUT2D eigenvalue weighted by Crippen LogP contribution is -2.59. The van der Waals surface area contributed by atoms with Crippen molar-refractivity contribution in [3.8, 4) is 0 Å². The highest BCUT2D eigenvalue weighted by Gasteiger charge is 2.43. The number of carboxylic acids is 1. The van der Waals surface area contributed by atoms with Gasteiger partial charge >= 0.3 is 12.0 Å². The maximum Gasteiger partial charge on any atom is 0.329 e. The Bertz CT molecular complexity index is 351. The Balaban J connectivity index is 2.53. The summed E-state index contributed by atoms with van der Waals surface area (Å²) in [5.74, 6) is 0.759. The van der Waals surface area contributed by atoms with Crippen LogP contribution >= 0.6 is 11.8 Å². The van der Waals surface area contributed by atoms with Crippen LogP contribution in [0.2, 0.25) is 0 Å². The minimum Gasteiger partial charge on any atom is -0.480 e. The van der Waals surface area contributed by atoms with Crippen molar-refractivity contribution in [2.75, 3.05) is 18.6 Å². The first kappa shape index (κ1) is 17.1. The van der Waals surface area contributed by atoms with E-state index in [9.17, 15) is 14.7 Å². The molecule has 0 aromatic heterocycles. The van der Waals surface area contributed by atoms with Crippen LogP contribution in [0.5, 0.6) is 0 Å². The SMILES string of the molecule is CSCC(C)CNC(=O)NC1(C(=O)O)CCCC(C)C1. The molecule has 0 saturated heterocycles. The lowest BCUT2D eigenvalue weighted by atomic mass is 9.76. The van der Waals surface area contributed by atoms with E-state index in [4.69, 9.17) is 0 Å². The molecule has 2 amide bonds. The maximum atomic E-state index is 11.9. The minimum absolute atomic E-state index is 0.329. The second-order valence-corrected chi connectivity index (χ2v) is 6.90. The van der Waals surface area contributed by atoms with Crippen LogP contribution in [0, 0.1) is 11.8 Å². The van der Waals surface area contributed by atoms with Gasteiger partial charge < -0.3 is 15.7 Å². The minimum atomic E-state index is -1.09. The number of aliphatic carboxylic acids is 1. The molecule has 1 fully saturated rings. The zero-order valence-corrected chi connectivity index (χ0v) is 13.4. The lowest BCUT2D eigenvalue weighted by molar-refractivity contribution is -0.146. The molecular weight excluding hydrogens is 276 g/mol. The number of amides is 2. The van der Waals surface area contributed by atoms with Crippen molar-refractivity contribution in [2.45, 2.75) is 45.1 Å². The molecule has 1 rings (SSSR count). The van der Waals surface area contributed by atoms with E-state index in [-0.39, 0.29) is 6.03 Å². The van der Waals surface area contributed by atoms with Crippen molar-refractivity contribution < 1.29 is 14.7 Å². The van der Waals surface area contributed by atoms with Gasteiger partial charge in [-0.25, -0.2) is 9.59 Å². The topological polar surface area (TPSA) is 78.4 Å². The lowest BCUT2D eigenvalue weighted by Gasteiger charge is -2.37. The summed E-state index contributed by atoms with van der Waals surface area (Å²) >= 11 is 1.74. The number of nitrogens with one attached hydrogen (secondary N) is 2. The molecule has 0 aromatic carbocycles. The molecule has 0 spiro atoms. The second kappa shape index (κ2) is 7.76. The number of hydrogen-bond acceptors (Lipinski definition) is 3. The number of carboxylic acid groups (broad SMARTS) is 1. The molecule has 3 unspecified atom stereocenters. The first-order chi connectivity index (χ1) is 9.39. The van der Waals surface area contributed by atoms with E-state index in [0.717, 1.165) is 18.6 Å². The maximum absolute atomic E-state index is 11.9. The van der Waals surface area contributed by atoms with Crippen molar-refractivity contribution in [1.82, 2.24) is 10.6 Å². The van der Waals surface area contributed by atoms with Gasteiger partial charge in [-0.15, -0.1) is 0 Å². The number of rotatable bonds is 6. The molecule has 1 aliphatic rings. The van der Waals surface area contributed by atoms with E-state index in [1.807, 2.05) is 13.2 Å². The van der Waals surface area contributed by atoms with Crippen LogP contribution in [-0.4, -0.2) is 41.2 Å². The Labute approximate surface area is 125 Å². The van der Waals surface area contributed by atoms with E-state index in [1.165, 1.54) is 0 Å². The molecule has 1 saturated carbocycles. The average Bonchev–Trinajstić information content (AvgIpc) is 2.36. The molecule has 20 heavy (non-hydrogen) atoms. The number of urea groups is 1. The van der Waals surface area contributed by atoms with Crippen LogP contribution in [0.25, 0.3) is 0 Å². The standard InChI is InChI=1S/C14H26N2O3S/c1-10-5-4-6-14(7-10,12(17)18)16-13(19)15-8-11(2)9-20-3/h10-11H,4-9H2,1-3H3,(H,17,18)(H2,15,16,19). The number of carbonyl (C=O) groups excluding carboxylic acids is 1. The van der Waals surface area contributed by atoms with Crippen LogP contribution in [-0.2, 0) is 4.79 Å². The molecule has 3 atom stereocenters. The van der Waals surface area contributed by atoms with E-state index >= 15 is 0 Å². The Morgan fingerprint density at radius 1 is 1.50 bits per heavy atom. The summed E-state index contributed by atoms with van der Waals surface area (Å²) in [5, 5.41) is 15.0. The van der Waals surface area contributed by atoms with Gasteiger partial charge in [-0.05, 0) is 36.7 Å². The van der Waals surface area contributed by atoms with Gasteiger partial charge in [-0.1, -0.05) is 26.7 Å². The zero-order valence-electron chi connectivity index (χ0n) is 12.6. The molecule has 5 nitrogen and oxygen atoms in total. The van der Waals surface area contributed by atoms with E-state index < -0.39 is 11.5 Å². The Morgan fingerprint density at radius 3 is 2.75 bits per heavy atom. The molecular formula is C14H26N2O3S. The quantitative estimate of drug-likeness (QED) is 0.703. The predicted octanol–water partition coefficient (Wildman–Crippen LogP) is 2.32. The molecule has 0 aromatic rings. The average molecular weight is 302 g/mol. The molecule has 3 N–H and O–H groups in total. The molecule has 0 radical (unpaired) electrons. The second-order valence-electron chi connectivity index (χ2n) is 5.98. The van der Waals surface area contributed by atoms with Crippen molar-refractivity contribution in [3.05, 3.63) is 0 Å². The molecule has 6 heteroatoms. The fourth-order valence-corrected chi connectivity index (χ4v) is 3.47. The van der Waals surface area contributed by atoms with E-state index in [2.05, 4.69) is 17.6 Å². The highest BCUT2D eigenvalue weighted by Crippen LogP contribution is 2.32. The Hall–Kier alpha value is -0.910. The van der Waals surface area contributed by atoms with Crippen molar-refractivity contribution in [2.24, 2.45) is 11.8 Å². The van der Waals surface area contributed by atoms with Crippen molar-refractivity contribution in [3.63, 3.8) is 0 Å². The third kappa shape index (κ3) is 4.89. The highest BCUT2D eigenvalue weighted by atomic mass is 32.2. The zero-order chi connectivity index (χ0) is 15.2. The number of hydrogen-bond donors (Lipinski definition) is 3.